The zero-order valence-corrected chi connectivity index (χ0v) is 14.9. The summed E-state index contributed by atoms with van der Waals surface area (Å²) >= 11 is 0. The van der Waals surface area contributed by atoms with E-state index in [9.17, 15) is 9.59 Å². The summed E-state index contributed by atoms with van der Waals surface area (Å²) in [5.41, 5.74) is 0. The van der Waals surface area contributed by atoms with E-state index in [1.807, 2.05) is 6.92 Å². The standard InChI is InChI=1S/C18H33NO4/c1-4-17(20)23-16-10-8-6-5-7-9-12-19-13-11-14(2)22-18(21)15(16)3/h14-16,19H,4-13H2,1-3H3. The Morgan fingerprint density at radius 2 is 1.83 bits per heavy atom. The molecule has 0 spiro atoms. The second-order valence-corrected chi connectivity index (χ2v) is 6.51. The monoisotopic (exact) mass is 327 g/mol. The molecule has 5 heteroatoms. The SMILES string of the molecule is CCC(=O)OC1CCCCCCCNCCC(C)OC(=O)C1C. The van der Waals surface area contributed by atoms with E-state index in [4.69, 9.17) is 9.47 Å². The van der Waals surface area contributed by atoms with Gasteiger partial charge in [0.15, 0.2) is 0 Å². The number of esters is 2. The number of rotatable bonds is 2. The molecule has 3 unspecified atom stereocenters. The first-order valence-electron chi connectivity index (χ1n) is 9.15. The van der Waals surface area contributed by atoms with Gasteiger partial charge >= 0.3 is 11.9 Å². The molecule has 23 heavy (non-hydrogen) atoms. The van der Waals surface area contributed by atoms with Crippen LogP contribution in [0.2, 0.25) is 0 Å². The Bertz CT molecular complexity index is 359. The van der Waals surface area contributed by atoms with Crippen molar-refractivity contribution in [2.75, 3.05) is 13.1 Å². The van der Waals surface area contributed by atoms with Gasteiger partial charge in [0.2, 0.25) is 0 Å². The Morgan fingerprint density at radius 1 is 1.13 bits per heavy atom. The highest BCUT2D eigenvalue weighted by Gasteiger charge is 2.29. The third-order valence-corrected chi connectivity index (χ3v) is 4.39. The van der Waals surface area contributed by atoms with E-state index in [2.05, 4.69) is 5.32 Å². The van der Waals surface area contributed by atoms with Crippen LogP contribution < -0.4 is 5.32 Å². The Morgan fingerprint density at radius 3 is 2.57 bits per heavy atom. The summed E-state index contributed by atoms with van der Waals surface area (Å²) in [5, 5.41) is 3.39. The fourth-order valence-corrected chi connectivity index (χ4v) is 2.74. The van der Waals surface area contributed by atoms with Gasteiger partial charge in [-0.25, -0.2) is 0 Å². The van der Waals surface area contributed by atoms with Crippen molar-refractivity contribution in [1.29, 1.82) is 0 Å². The van der Waals surface area contributed by atoms with Crippen molar-refractivity contribution < 1.29 is 19.1 Å². The Hall–Kier alpha value is -1.10. The summed E-state index contributed by atoms with van der Waals surface area (Å²) in [6, 6.07) is 0. The molecule has 0 aromatic heterocycles. The summed E-state index contributed by atoms with van der Waals surface area (Å²) < 4.78 is 11.0. The van der Waals surface area contributed by atoms with Crippen LogP contribution in [0.25, 0.3) is 0 Å². The minimum absolute atomic E-state index is 0.120. The van der Waals surface area contributed by atoms with Crippen LogP contribution in [-0.4, -0.2) is 37.2 Å². The minimum atomic E-state index is -0.411. The lowest BCUT2D eigenvalue weighted by atomic mass is 9.98. The molecule has 1 rings (SSSR count). The normalized spacial score (nSPS) is 29.0. The lowest BCUT2D eigenvalue weighted by molar-refractivity contribution is -0.164. The molecule has 1 heterocycles. The maximum Gasteiger partial charge on any atom is 0.312 e. The van der Waals surface area contributed by atoms with Gasteiger partial charge in [-0.3, -0.25) is 9.59 Å². The Kier molecular flexibility index (Phi) is 9.92. The molecule has 5 nitrogen and oxygen atoms in total. The topological polar surface area (TPSA) is 64.6 Å². The lowest BCUT2D eigenvalue weighted by Crippen LogP contribution is -2.34. The molecule has 1 fully saturated rings. The van der Waals surface area contributed by atoms with E-state index >= 15 is 0 Å². The summed E-state index contributed by atoms with van der Waals surface area (Å²) in [6.07, 6.45) is 7.04. The van der Waals surface area contributed by atoms with Gasteiger partial charge in [-0.15, -0.1) is 0 Å². The highest BCUT2D eigenvalue weighted by atomic mass is 16.6. The molecule has 0 aromatic rings. The molecule has 0 amide bonds. The first-order valence-corrected chi connectivity index (χ1v) is 9.15. The molecule has 0 radical (unpaired) electrons. The molecule has 1 saturated heterocycles. The fraction of sp³-hybridized carbons (Fsp3) is 0.889. The van der Waals surface area contributed by atoms with Gasteiger partial charge in [-0.05, 0) is 52.6 Å². The van der Waals surface area contributed by atoms with E-state index in [-0.39, 0.29) is 24.1 Å². The third kappa shape index (κ3) is 8.35. The summed E-state index contributed by atoms with van der Waals surface area (Å²) in [4.78, 5) is 23.9. The van der Waals surface area contributed by atoms with E-state index in [1.165, 1.54) is 19.3 Å². The average molecular weight is 327 g/mol. The predicted octanol–water partition coefficient (Wildman–Crippen LogP) is 3.21. The maximum atomic E-state index is 12.3. The average Bonchev–Trinajstić information content (AvgIpc) is 2.53. The molecular weight excluding hydrogens is 294 g/mol. The number of hydrogen-bond acceptors (Lipinski definition) is 5. The molecule has 1 N–H and O–H groups in total. The van der Waals surface area contributed by atoms with Crippen molar-refractivity contribution in [3.05, 3.63) is 0 Å². The molecule has 0 aliphatic carbocycles. The molecule has 0 bridgehead atoms. The van der Waals surface area contributed by atoms with Gasteiger partial charge in [0.1, 0.15) is 12.2 Å². The van der Waals surface area contributed by atoms with Crippen LogP contribution in [0.15, 0.2) is 0 Å². The summed E-state index contributed by atoms with van der Waals surface area (Å²) in [6.45, 7) is 7.37. The van der Waals surface area contributed by atoms with Crippen LogP contribution in [0.4, 0.5) is 0 Å². The number of cyclic esters (lactones) is 1. The number of carbonyl (C=O) groups excluding carboxylic acids is 2. The molecule has 1 aliphatic heterocycles. The highest BCUT2D eigenvalue weighted by Crippen LogP contribution is 2.19. The number of ether oxygens (including phenoxy) is 2. The van der Waals surface area contributed by atoms with E-state index in [0.717, 1.165) is 38.8 Å². The number of nitrogens with one attached hydrogen (secondary N) is 1. The summed E-state index contributed by atoms with van der Waals surface area (Å²) in [5.74, 6) is -0.919. The van der Waals surface area contributed by atoms with Gasteiger partial charge < -0.3 is 14.8 Å². The molecule has 1 aliphatic rings. The molecule has 3 atom stereocenters. The van der Waals surface area contributed by atoms with Gasteiger partial charge in [-0.2, -0.15) is 0 Å². The van der Waals surface area contributed by atoms with Crippen LogP contribution >= 0.6 is 0 Å². The minimum Gasteiger partial charge on any atom is -0.462 e. The largest absolute Gasteiger partial charge is 0.462 e. The van der Waals surface area contributed by atoms with E-state index in [1.54, 1.807) is 13.8 Å². The Balaban J connectivity index is 2.66. The van der Waals surface area contributed by atoms with Crippen LogP contribution in [0.5, 0.6) is 0 Å². The molecule has 0 saturated carbocycles. The van der Waals surface area contributed by atoms with Crippen LogP contribution in [0.1, 0.15) is 72.1 Å². The smallest absolute Gasteiger partial charge is 0.312 e. The molecule has 134 valence electrons. The quantitative estimate of drug-likeness (QED) is 0.789. The highest BCUT2D eigenvalue weighted by molar-refractivity contribution is 5.74. The number of hydrogen-bond donors (Lipinski definition) is 1. The first-order chi connectivity index (χ1) is 11.0. The molecule has 0 aromatic carbocycles. The third-order valence-electron chi connectivity index (χ3n) is 4.39. The van der Waals surface area contributed by atoms with Crippen molar-refractivity contribution in [3.8, 4) is 0 Å². The number of carbonyl (C=O) groups is 2. The van der Waals surface area contributed by atoms with Gasteiger partial charge in [-0.1, -0.05) is 26.2 Å². The lowest BCUT2D eigenvalue weighted by Gasteiger charge is -2.24. The van der Waals surface area contributed by atoms with Crippen molar-refractivity contribution >= 4 is 11.9 Å². The zero-order valence-electron chi connectivity index (χ0n) is 14.9. The van der Waals surface area contributed by atoms with Gasteiger partial charge in [0.25, 0.3) is 0 Å². The second kappa shape index (κ2) is 11.4. The van der Waals surface area contributed by atoms with Crippen molar-refractivity contribution in [3.63, 3.8) is 0 Å². The maximum absolute atomic E-state index is 12.3. The Labute approximate surface area is 140 Å². The van der Waals surface area contributed by atoms with Crippen molar-refractivity contribution in [2.45, 2.75) is 84.3 Å². The second-order valence-electron chi connectivity index (χ2n) is 6.51. The van der Waals surface area contributed by atoms with E-state index < -0.39 is 5.92 Å². The first kappa shape index (κ1) is 19.9. The van der Waals surface area contributed by atoms with Gasteiger partial charge in [0.05, 0.1) is 5.92 Å². The van der Waals surface area contributed by atoms with Gasteiger partial charge in [0, 0.05) is 6.42 Å². The van der Waals surface area contributed by atoms with Crippen molar-refractivity contribution in [2.24, 2.45) is 5.92 Å². The molecular formula is C18H33NO4. The van der Waals surface area contributed by atoms with Crippen molar-refractivity contribution in [1.82, 2.24) is 5.32 Å². The zero-order chi connectivity index (χ0) is 17.1. The fourth-order valence-electron chi connectivity index (χ4n) is 2.74. The van der Waals surface area contributed by atoms with Crippen LogP contribution in [0, 0.1) is 5.92 Å². The van der Waals surface area contributed by atoms with Crippen LogP contribution in [-0.2, 0) is 19.1 Å². The predicted molar refractivity (Wildman–Crippen MR) is 90.1 cm³/mol. The van der Waals surface area contributed by atoms with E-state index in [0.29, 0.717) is 6.42 Å². The van der Waals surface area contributed by atoms with Crippen LogP contribution in [0.3, 0.4) is 0 Å². The summed E-state index contributed by atoms with van der Waals surface area (Å²) in [7, 11) is 0.